The van der Waals surface area contributed by atoms with Crippen LogP contribution in [0.5, 0.6) is 5.88 Å². The van der Waals surface area contributed by atoms with Gasteiger partial charge in [0, 0.05) is 12.5 Å². The van der Waals surface area contributed by atoms with Crippen LogP contribution in [0.1, 0.15) is 18.2 Å². The summed E-state index contributed by atoms with van der Waals surface area (Å²) in [6.07, 6.45) is 3.13. The summed E-state index contributed by atoms with van der Waals surface area (Å²) in [7, 11) is 1.64. The average molecular weight is 161 g/mol. The molecular formula is C10H11NO. The van der Waals surface area contributed by atoms with E-state index in [2.05, 4.69) is 24.1 Å². The van der Waals surface area contributed by atoms with Gasteiger partial charge in [0.15, 0.2) is 0 Å². The number of fused-ring (bicyclic) bond motifs is 1. The zero-order valence-electron chi connectivity index (χ0n) is 7.29. The molecule has 0 saturated carbocycles. The van der Waals surface area contributed by atoms with Crippen molar-refractivity contribution in [1.82, 2.24) is 4.98 Å². The molecule has 62 valence electrons. The first-order valence-electron chi connectivity index (χ1n) is 4.02. The fraction of sp³-hybridized carbons (Fsp3) is 0.300. The van der Waals surface area contributed by atoms with Crippen LogP contribution in [0, 0.1) is 0 Å². The van der Waals surface area contributed by atoms with Crippen molar-refractivity contribution < 1.29 is 4.74 Å². The molecule has 0 unspecified atom stereocenters. The van der Waals surface area contributed by atoms with Crippen LogP contribution in [0.4, 0.5) is 0 Å². The summed E-state index contributed by atoms with van der Waals surface area (Å²) in [4.78, 5) is 4.35. The second kappa shape index (κ2) is 2.63. The van der Waals surface area contributed by atoms with Gasteiger partial charge in [0.25, 0.3) is 0 Å². The van der Waals surface area contributed by atoms with Gasteiger partial charge in [-0.25, -0.2) is 4.98 Å². The first kappa shape index (κ1) is 7.35. The highest BCUT2D eigenvalue weighted by Gasteiger charge is 2.11. The maximum Gasteiger partial charge on any atom is 0.213 e. The Kier molecular flexibility index (Phi) is 1.61. The summed E-state index contributed by atoms with van der Waals surface area (Å²) in [5.41, 5.74) is 3.71. The lowest BCUT2D eigenvalue weighted by atomic mass is 10.1. The number of allylic oxidation sites excluding steroid dienone is 2. The summed E-state index contributed by atoms with van der Waals surface area (Å²) in [5.74, 6) is 0.705. The number of aromatic nitrogens is 1. The molecule has 0 radical (unpaired) electrons. The largest absolute Gasteiger partial charge is 0.481 e. The van der Waals surface area contributed by atoms with Crippen LogP contribution < -0.4 is 4.74 Å². The van der Waals surface area contributed by atoms with Gasteiger partial charge >= 0.3 is 0 Å². The van der Waals surface area contributed by atoms with Crippen molar-refractivity contribution >= 4 is 5.57 Å². The molecule has 1 aliphatic carbocycles. The topological polar surface area (TPSA) is 22.1 Å². The third-order valence-corrected chi connectivity index (χ3v) is 2.18. The van der Waals surface area contributed by atoms with E-state index in [1.165, 1.54) is 11.1 Å². The van der Waals surface area contributed by atoms with E-state index in [4.69, 9.17) is 4.74 Å². The molecule has 1 aromatic rings. The van der Waals surface area contributed by atoms with E-state index in [-0.39, 0.29) is 0 Å². The van der Waals surface area contributed by atoms with Crippen molar-refractivity contribution in [3.05, 3.63) is 29.5 Å². The number of hydrogen-bond acceptors (Lipinski definition) is 2. The molecule has 1 aromatic heterocycles. The highest BCUT2D eigenvalue weighted by molar-refractivity contribution is 5.70. The number of hydrogen-bond donors (Lipinski definition) is 0. The van der Waals surface area contributed by atoms with E-state index < -0.39 is 0 Å². The van der Waals surface area contributed by atoms with Gasteiger partial charge in [-0.15, -0.1) is 0 Å². The maximum absolute atomic E-state index is 5.04. The fourth-order valence-electron chi connectivity index (χ4n) is 1.47. The number of pyridine rings is 1. The molecule has 2 nitrogen and oxygen atoms in total. The third-order valence-electron chi connectivity index (χ3n) is 2.18. The van der Waals surface area contributed by atoms with Crippen LogP contribution in [0.3, 0.4) is 0 Å². The highest BCUT2D eigenvalue weighted by atomic mass is 16.5. The second-order valence-electron chi connectivity index (χ2n) is 2.94. The fourth-order valence-corrected chi connectivity index (χ4v) is 1.47. The van der Waals surface area contributed by atoms with E-state index in [1.807, 2.05) is 6.07 Å². The lowest BCUT2D eigenvalue weighted by Gasteiger charge is -2.02. The number of methoxy groups -OCH3 is 1. The zero-order valence-corrected chi connectivity index (χ0v) is 7.29. The second-order valence-corrected chi connectivity index (χ2v) is 2.94. The molecule has 0 aromatic carbocycles. The SMILES string of the molecule is COc1ccc2c(n1)CC=C2C. The Balaban J connectivity index is 2.46. The molecule has 0 N–H and O–H groups in total. The molecule has 2 heteroatoms. The molecule has 1 aliphatic rings. The Morgan fingerprint density at radius 2 is 2.25 bits per heavy atom. The van der Waals surface area contributed by atoms with E-state index in [0.717, 1.165) is 12.1 Å². The monoisotopic (exact) mass is 161 g/mol. The van der Waals surface area contributed by atoms with Crippen LogP contribution in [0.2, 0.25) is 0 Å². The number of ether oxygens (including phenoxy) is 1. The Hall–Kier alpha value is -1.31. The molecule has 1 heterocycles. The van der Waals surface area contributed by atoms with Gasteiger partial charge in [-0.05, 0) is 24.1 Å². The Morgan fingerprint density at radius 1 is 1.42 bits per heavy atom. The van der Waals surface area contributed by atoms with Gasteiger partial charge in [0.2, 0.25) is 5.88 Å². The molecule has 0 saturated heterocycles. The van der Waals surface area contributed by atoms with Crippen LogP contribution in [0.25, 0.3) is 5.57 Å². The summed E-state index contributed by atoms with van der Waals surface area (Å²) in [6.45, 7) is 2.11. The van der Waals surface area contributed by atoms with E-state index in [9.17, 15) is 0 Å². The first-order chi connectivity index (χ1) is 5.81. The van der Waals surface area contributed by atoms with Gasteiger partial charge in [-0.2, -0.15) is 0 Å². The molecule has 0 bridgehead atoms. The first-order valence-corrected chi connectivity index (χ1v) is 4.02. The van der Waals surface area contributed by atoms with E-state index in [1.54, 1.807) is 7.11 Å². The van der Waals surface area contributed by atoms with Crippen molar-refractivity contribution in [1.29, 1.82) is 0 Å². The summed E-state index contributed by atoms with van der Waals surface area (Å²) in [5, 5.41) is 0. The summed E-state index contributed by atoms with van der Waals surface area (Å²) >= 11 is 0. The third kappa shape index (κ3) is 0.998. The van der Waals surface area contributed by atoms with Crippen molar-refractivity contribution in [3.8, 4) is 5.88 Å². The zero-order chi connectivity index (χ0) is 8.55. The molecular weight excluding hydrogens is 150 g/mol. The normalized spacial score (nSPS) is 14.0. The van der Waals surface area contributed by atoms with Crippen LogP contribution >= 0.6 is 0 Å². The quantitative estimate of drug-likeness (QED) is 0.629. The molecule has 0 spiro atoms. The van der Waals surface area contributed by atoms with Crippen molar-refractivity contribution in [3.63, 3.8) is 0 Å². The van der Waals surface area contributed by atoms with Crippen molar-refractivity contribution in [2.24, 2.45) is 0 Å². The smallest absolute Gasteiger partial charge is 0.213 e. The van der Waals surface area contributed by atoms with Crippen LogP contribution in [0.15, 0.2) is 18.2 Å². The summed E-state index contributed by atoms with van der Waals surface area (Å²) < 4.78 is 5.04. The lowest BCUT2D eigenvalue weighted by molar-refractivity contribution is 0.396. The number of rotatable bonds is 1. The van der Waals surface area contributed by atoms with Gasteiger partial charge in [-0.3, -0.25) is 0 Å². The summed E-state index contributed by atoms with van der Waals surface area (Å²) in [6, 6.07) is 3.97. The minimum Gasteiger partial charge on any atom is -0.481 e. The van der Waals surface area contributed by atoms with Crippen molar-refractivity contribution in [2.75, 3.05) is 7.11 Å². The van der Waals surface area contributed by atoms with Gasteiger partial charge in [0.05, 0.1) is 12.8 Å². The van der Waals surface area contributed by atoms with Gasteiger partial charge in [-0.1, -0.05) is 6.08 Å². The predicted molar refractivity (Wildman–Crippen MR) is 48.1 cm³/mol. The minimum atomic E-state index is 0.705. The Morgan fingerprint density at radius 3 is 3.00 bits per heavy atom. The van der Waals surface area contributed by atoms with E-state index in [0.29, 0.717) is 5.88 Å². The minimum absolute atomic E-state index is 0.705. The standard InChI is InChI=1S/C10H11NO/c1-7-3-5-9-8(7)4-6-10(11-9)12-2/h3-4,6H,5H2,1-2H3. The molecule has 0 amide bonds. The van der Waals surface area contributed by atoms with Gasteiger partial charge < -0.3 is 4.74 Å². The molecule has 0 aliphatic heterocycles. The molecule has 0 atom stereocenters. The van der Waals surface area contributed by atoms with E-state index >= 15 is 0 Å². The maximum atomic E-state index is 5.04. The van der Waals surface area contributed by atoms with Gasteiger partial charge in [0.1, 0.15) is 0 Å². The lowest BCUT2D eigenvalue weighted by Crippen LogP contribution is -1.93. The Labute approximate surface area is 71.9 Å². The van der Waals surface area contributed by atoms with Crippen LogP contribution in [-0.2, 0) is 6.42 Å². The molecule has 12 heavy (non-hydrogen) atoms. The van der Waals surface area contributed by atoms with Crippen molar-refractivity contribution in [2.45, 2.75) is 13.3 Å². The molecule has 2 rings (SSSR count). The number of nitrogens with zero attached hydrogens (tertiary/aromatic N) is 1. The molecule has 0 fully saturated rings. The highest BCUT2D eigenvalue weighted by Crippen LogP contribution is 2.26. The predicted octanol–water partition coefficient (Wildman–Crippen LogP) is 2.05. The van der Waals surface area contributed by atoms with Crippen LogP contribution in [-0.4, -0.2) is 12.1 Å². The Bertz CT molecular complexity index is 342. The average Bonchev–Trinajstić information content (AvgIpc) is 2.47.